The number of hydrogen-bond donors (Lipinski definition) is 0. The van der Waals surface area contributed by atoms with Crippen molar-refractivity contribution in [1.82, 2.24) is 19.7 Å². The molecule has 3 rings (SSSR count). The van der Waals surface area contributed by atoms with E-state index < -0.39 is 0 Å². The summed E-state index contributed by atoms with van der Waals surface area (Å²) >= 11 is 1.63. The lowest BCUT2D eigenvalue weighted by molar-refractivity contribution is 0.0936. The lowest BCUT2D eigenvalue weighted by Gasteiger charge is -2.17. The molecule has 1 atom stereocenters. The molecule has 0 aliphatic carbocycles. The fraction of sp³-hybridized carbons (Fsp3) is 0.500. The van der Waals surface area contributed by atoms with Gasteiger partial charge in [0.25, 0.3) is 0 Å². The summed E-state index contributed by atoms with van der Waals surface area (Å²) in [5.74, 6) is 1.88. The van der Waals surface area contributed by atoms with Gasteiger partial charge in [0, 0.05) is 18.7 Å². The van der Waals surface area contributed by atoms with Crippen molar-refractivity contribution >= 4 is 17.8 Å². The van der Waals surface area contributed by atoms with E-state index in [1.807, 2.05) is 24.5 Å². The summed E-state index contributed by atoms with van der Waals surface area (Å²) in [6.07, 6.45) is 8.82. The first-order valence-electron chi connectivity index (χ1n) is 9.27. The Kier molecular flexibility index (Phi) is 7.32. The number of hydrogen-bond acceptors (Lipinski definition) is 6. The smallest absolute Gasteiger partial charge is 0.191 e. The summed E-state index contributed by atoms with van der Waals surface area (Å²) < 4.78 is 13.4. The Balaban J connectivity index is 1.61. The minimum Gasteiger partial charge on any atom is -0.496 e. The lowest BCUT2D eigenvalue weighted by Crippen LogP contribution is -2.23. The van der Waals surface area contributed by atoms with Crippen LogP contribution in [0, 0.1) is 0 Å². The molecule has 1 aliphatic heterocycles. The van der Waals surface area contributed by atoms with E-state index in [4.69, 9.17) is 9.47 Å². The lowest BCUT2D eigenvalue weighted by atomic mass is 10.2. The van der Waals surface area contributed by atoms with Crippen LogP contribution in [0.5, 0.6) is 5.75 Å². The van der Waals surface area contributed by atoms with Gasteiger partial charge in [-0.25, -0.2) is 0 Å². The van der Waals surface area contributed by atoms with Crippen molar-refractivity contribution in [3.05, 3.63) is 41.7 Å². The molecule has 0 saturated carbocycles. The van der Waals surface area contributed by atoms with Crippen LogP contribution in [0.4, 0.5) is 0 Å². The highest BCUT2D eigenvalue weighted by atomic mass is 32.2. The van der Waals surface area contributed by atoms with Gasteiger partial charge in [0.2, 0.25) is 0 Å². The van der Waals surface area contributed by atoms with Crippen LogP contribution in [0.1, 0.15) is 24.2 Å². The molecule has 2 aromatic rings. The monoisotopic (exact) mass is 388 g/mol. The quantitative estimate of drug-likeness (QED) is 0.614. The van der Waals surface area contributed by atoms with E-state index in [2.05, 4.69) is 44.9 Å². The van der Waals surface area contributed by atoms with Crippen molar-refractivity contribution in [3.63, 3.8) is 0 Å². The van der Waals surface area contributed by atoms with Gasteiger partial charge in [-0.15, -0.1) is 10.2 Å². The Morgan fingerprint density at radius 3 is 2.96 bits per heavy atom. The summed E-state index contributed by atoms with van der Waals surface area (Å²) in [5, 5.41) is 9.71. The molecule has 1 fully saturated rings. The maximum Gasteiger partial charge on any atom is 0.191 e. The highest BCUT2D eigenvalue weighted by Crippen LogP contribution is 2.21. The molecule has 27 heavy (non-hydrogen) atoms. The summed E-state index contributed by atoms with van der Waals surface area (Å²) in [4.78, 5) is 2.23. The number of likely N-dealkylation sites (N-methyl/N-ethyl adjacent to an activating group) is 1. The first-order chi connectivity index (χ1) is 13.2. The number of thioether (sulfide) groups is 1. The number of aromatic nitrogens is 3. The van der Waals surface area contributed by atoms with Crippen LogP contribution >= 0.6 is 11.8 Å². The Bertz CT molecular complexity index is 756. The third kappa shape index (κ3) is 5.34. The topological polar surface area (TPSA) is 52.4 Å². The Hall–Kier alpha value is -1.83. The zero-order chi connectivity index (χ0) is 19.1. The highest BCUT2D eigenvalue weighted by Gasteiger charge is 2.20. The van der Waals surface area contributed by atoms with Crippen LogP contribution in [0.2, 0.25) is 0 Å². The number of nitrogens with zero attached hydrogens (tertiary/aromatic N) is 4. The summed E-state index contributed by atoms with van der Waals surface area (Å²) in [6.45, 7) is 3.27. The van der Waals surface area contributed by atoms with Crippen LogP contribution in [-0.4, -0.2) is 59.3 Å². The summed E-state index contributed by atoms with van der Waals surface area (Å²) in [7, 11) is 3.79. The van der Waals surface area contributed by atoms with Crippen LogP contribution < -0.4 is 4.74 Å². The summed E-state index contributed by atoms with van der Waals surface area (Å²) in [6, 6.07) is 8.02. The van der Waals surface area contributed by atoms with Crippen molar-refractivity contribution in [2.75, 3.05) is 33.6 Å². The van der Waals surface area contributed by atoms with Gasteiger partial charge in [0.1, 0.15) is 11.6 Å². The molecule has 0 N–H and O–H groups in total. The van der Waals surface area contributed by atoms with Crippen molar-refractivity contribution in [3.8, 4) is 5.75 Å². The molecule has 146 valence electrons. The molecule has 6 nitrogen and oxygen atoms in total. The molecule has 1 aliphatic rings. The van der Waals surface area contributed by atoms with Gasteiger partial charge < -0.3 is 14.0 Å². The van der Waals surface area contributed by atoms with Gasteiger partial charge in [-0.2, -0.15) is 0 Å². The maximum atomic E-state index is 5.80. The molecular formula is C20H28N4O2S. The third-order valence-corrected chi connectivity index (χ3v) is 5.32. The molecule has 7 heteroatoms. The van der Waals surface area contributed by atoms with Crippen molar-refractivity contribution in [1.29, 1.82) is 0 Å². The normalized spacial score (nSPS) is 17.3. The number of benzene rings is 1. The van der Waals surface area contributed by atoms with E-state index in [0.29, 0.717) is 0 Å². The largest absolute Gasteiger partial charge is 0.496 e. The van der Waals surface area contributed by atoms with Gasteiger partial charge in [-0.3, -0.25) is 4.90 Å². The van der Waals surface area contributed by atoms with Gasteiger partial charge in [0.15, 0.2) is 5.16 Å². The third-order valence-electron chi connectivity index (χ3n) is 4.65. The van der Waals surface area contributed by atoms with Gasteiger partial charge >= 0.3 is 0 Å². The van der Waals surface area contributed by atoms with Crippen molar-refractivity contribution < 1.29 is 9.47 Å². The van der Waals surface area contributed by atoms with Crippen molar-refractivity contribution in [2.24, 2.45) is 0 Å². The molecule has 0 unspecified atom stereocenters. The molecule has 1 aromatic heterocycles. The number of ether oxygens (including phenoxy) is 2. The first kappa shape index (κ1) is 19.9. The van der Waals surface area contributed by atoms with Crippen LogP contribution in [0.15, 0.2) is 35.5 Å². The first-order valence-corrected chi connectivity index (χ1v) is 10.5. The van der Waals surface area contributed by atoms with Gasteiger partial charge in [0.05, 0.1) is 26.3 Å². The van der Waals surface area contributed by atoms with E-state index in [-0.39, 0.29) is 6.10 Å². The minimum atomic E-state index is 0.279. The predicted octanol–water partition coefficient (Wildman–Crippen LogP) is 3.33. The second-order valence-electron chi connectivity index (χ2n) is 6.69. The zero-order valence-electron chi connectivity index (χ0n) is 16.3. The number of para-hydroxylation sites is 1. The van der Waals surface area contributed by atoms with Crippen LogP contribution in [-0.2, 0) is 17.8 Å². The zero-order valence-corrected chi connectivity index (χ0v) is 17.1. The second-order valence-corrected chi connectivity index (χ2v) is 7.46. The van der Waals surface area contributed by atoms with Crippen LogP contribution in [0.25, 0.3) is 6.08 Å². The average molecular weight is 389 g/mol. The molecule has 1 saturated heterocycles. The fourth-order valence-electron chi connectivity index (χ4n) is 3.23. The predicted molar refractivity (Wildman–Crippen MR) is 109 cm³/mol. The Morgan fingerprint density at radius 2 is 2.22 bits per heavy atom. The molecule has 0 amide bonds. The highest BCUT2D eigenvalue weighted by molar-refractivity contribution is 7.98. The average Bonchev–Trinajstić information content (AvgIpc) is 3.33. The van der Waals surface area contributed by atoms with Gasteiger partial charge in [-0.1, -0.05) is 42.1 Å². The molecule has 1 aromatic carbocycles. The second kappa shape index (κ2) is 9.92. The summed E-state index contributed by atoms with van der Waals surface area (Å²) in [5.41, 5.74) is 1.08. The Labute approximate surface area is 165 Å². The fourth-order valence-corrected chi connectivity index (χ4v) is 3.75. The molecule has 0 spiro atoms. The molecule has 0 bridgehead atoms. The standard InChI is InChI=1S/C20H28N4O2S/c1-23(12-6-9-16-8-4-5-11-18(16)25-2)15-19-21-22-20(27-3)24(19)14-17-10-7-13-26-17/h4-6,8-9,11,17H,7,10,12-15H2,1-3H3/b9-6+/t17-/m1/s1. The van der Waals surface area contributed by atoms with Gasteiger partial charge in [-0.05, 0) is 32.2 Å². The number of rotatable bonds is 9. The van der Waals surface area contributed by atoms with E-state index >= 15 is 0 Å². The van der Waals surface area contributed by atoms with E-state index in [0.717, 1.165) is 61.4 Å². The minimum absolute atomic E-state index is 0.279. The molecular weight excluding hydrogens is 360 g/mol. The van der Waals surface area contributed by atoms with Crippen molar-refractivity contribution in [2.45, 2.75) is 37.2 Å². The van der Waals surface area contributed by atoms with E-state index in [1.165, 1.54) is 0 Å². The van der Waals surface area contributed by atoms with E-state index in [1.54, 1.807) is 18.9 Å². The van der Waals surface area contributed by atoms with Crippen LogP contribution in [0.3, 0.4) is 0 Å². The molecule has 0 radical (unpaired) electrons. The molecule has 2 heterocycles. The number of methoxy groups -OCH3 is 1. The van der Waals surface area contributed by atoms with E-state index in [9.17, 15) is 0 Å². The maximum absolute atomic E-state index is 5.80. The Morgan fingerprint density at radius 1 is 1.37 bits per heavy atom. The SMILES string of the molecule is COc1ccccc1/C=C/CN(C)Cc1nnc(SC)n1C[C@H]1CCCO1.